The van der Waals surface area contributed by atoms with Gasteiger partial charge in [-0.25, -0.2) is 0 Å². The quantitative estimate of drug-likeness (QED) is 0.819. The maximum absolute atomic E-state index is 12.8. The highest BCUT2D eigenvalue weighted by Gasteiger charge is 2.28. The Kier molecular flexibility index (Phi) is 6.88. The van der Waals surface area contributed by atoms with E-state index in [-0.39, 0.29) is 24.2 Å². The second-order valence-corrected chi connectivity index (χ2v) is 9.11. The van der Waals surface area contributed by atoms with Crippen LogP contribution >= 0.6 is 0 Å². The first-order valence-electron chi connectivity index (χ1n) is 10.1. The summed E-state index contributed by atoms with van der Waals surface area (Å²) in [5, 5.41) is 3.10. The summed E-state index contributed by atoms with van der Waals surface area (Å²) in [5.41, 5.74) is 1.63. The summed E-state index contributed by atoms with van der Waals surface area (Å²) >= 11 is 0. The van der Waals surface area contributed by atoms with Crippen LogP contribution in [0.1, 0.15) is 57.4 Å². The van der Waals surface area contributed by atoms with Crippen molar-refractivity contribution in [2.45, 2.75) is 64.3 Å². The maximum Gasteiger partial charge on any atom is 0.344 e. The van der Waals surface area contributed by atoms with Gasteiger partial charge in [-0.3, -0.25) is 9.10 Å². The second-order valence-electron chi connectivity index (χ2n) is 7.56. The van der Waals surface area contributed by atoms with Gasteiger partial charge in [-0.05, 0) is 31.7 Å². The lowest BCUT2D eigenvalue weighted by molar-refractivity contribution is -0.117. The van der Waals surface area contributed by atoms with Gasteiger partial charge >= 0.3 is 10.2 Å². The molecule has 0 aromatic heterocycles. The normalized spacial score (nSPS) is 20.5. The predicted octanol–water partition coefficient (Wildman–Crippen LogP) is 3.36. The Balaban J connectivity index is 1.70. The first-order valence-corrected chi connectivity index (χ1v) is 11.5. The molecule has 28 heavy (non-hydrogen) atoms. The maximum atomic E-state index is 12.8. The molecule has 2 aliphatic rings. The van der Waals surface area contributed by atoms with Gasteiger partial charge in [0, 0.05) is 18.8 Å². The summed E-state index contributed by atoms with van der Waals surface area (Å²) in [7, 11) is -3.79. The van der Waals surface area contributed by atoms with E-state index in [9.17, 15) is 13.2 Å². The molecule has 1 N–H and O–H groups in total. The van der Waals surface area contributed by atoms with Gasteiger partial charge in [0.1, 0.15) is 0 Å². The van der Waals surface area contributed by atoms with Gasteiger partial charge in [-0.1, -0.05) is 62.4 Å². The minimum absolute atomic E-state index is 0.151. The van der Waals surface area contributed by atoms with E-state index in [1.807, 2.05) is 30.3 Å². The molecule has 1 amide bonds. The van der Waals surface area contributed by atoms with Gasteiger partial charge in [-0.15, -0.1) is 4.40 Å². The van der Waals surface area contributed by atoms with Crippen molar-refractivity contribution in [1.29, 1.82) is 0 Å². The second kappa shape index (κ2) is 9.37. The van der Waals surface area contributed by atoms with E-state index in [0.717, 1.165) is 31.2 Å². The lowest BCUT2D eigenvalue weighted by atomic mass is 9.96. The highest BCUT2D eigenvalue weighted by Crippen LogP contribution is 2.20. The summed E-state index contributed by atoms with van der Waals surface area (Å²) in [6.07, 6.45) is 9.88. The summed E-state index contributed by atoms with van der Waals surface area (Å²) in [4.78, 5) is 12.8. The lowest BCUT2D eigenvalue weighted by Crippen LogP contribution is -2.40. The number of carbonyl (C=O) groups excluding carboxylic acids is 1. The molecule has 1 aliphatic heterocycles. The van der Waals surface area contributed by atoms with Crippen molar-refractivity contribution in [2.24, 2.45) is 4.40 Å². The van der Waals surface area contributed by atoms with E-state index in [1.165, 1.54) is 29.8 Å². The average Bonchev–Trinajstić information content (AvgIpc) is 2.63. The number of nitrogens with zero attached hydrogens (tertiary/aromatic N) is 2. The zero-order valence-electron chi connectivity index (χ0n) is 16.4. The Morgan fingerprint density at radius 1 is 1.11 bits per heavy atom. The Bertz CT molecular complexity index is 839. The fourth-order valence-corrected chi connectivity index (χ4v) is 4.84. The van der Waals surface area contributed by atoms with Crippen LogP contribution in [-0.2, 0) is 21.4 Å². The number of rotatable bonds is 5. The molecule has 0 bridgehead atoms. The number of nitrogens with one attached hydrogen (secondary N) is 1. The molecule has 1 aliphatic carbocycles. The smallest absolute Gasteiger partial charge is 0.344 e. The van der Waals surface area contributed by atoms with Crippen molar-refractivity contribution in [3.63, 3.8) is 0 Å². The first kappa shape index (κ1) is 20.6. The molecule has 1 aromatic rings. The zero-order valence-corrected chi connectivity index (χ0v) is 17.2. The van der Waals surface area contributed by atoms with Crippen molar-refractivity contribution in [2.75, 3.05) is 6.54 Å². The van der Waals surface area contributed by atoms with Crippen LogP contribution < -0.4 is 5.32 Å². The summed E-state index contributed by atoms with van der Waals surface area (Å²) < 4.78 is 29.8. The number of hydrogen-bond acceptors (Lipinski definition) is 3. The summed E-state index contributed by atoms with van der Waals surface area (Å²) in [6, 6.07) is 9.83. The lowest BCUT2D eigenvalue weighted by Gasteiger charge is -2.26. The van der Waals surface area contributed by atoms with Crippen molar-refractivity contribution in [1.82, 2.24) is 9.62 Å². The molecule has 0 saturated heterocycles. The molecule has 0 unspecified atom stereocenters. The fraction of sp³-hybridized carbons (Fsp3) is 0.524. The van der Waals surface area contributed by atoms with Crippen LogP contribution in [-0.4, -0.2) is 36.9 Å². The van der Waals surface area contributed by atoms with Crippen molar-refractivity contribution in [3.05, 3.63) is 47.7 Å². The van der Waals surface area contributed by atoms with Crippen molar-refractivity contribution >= 4 is 21.8 Å². The minimum atomic E-state index is -3.79. The third-order valence-electron chi connectivity index (χ3n) is 5.36. The number of carbonyl (C=O) groups is 1. The number of benzene rings is 1. The molecule has 152 valence electrons. The van der Waals surface area contributed by atoms with E-state index >= 15 is 0 Å². The number of hydrogen-bond donors (Lipinski definition) is 1. The number of amides is 1. The molecular weight excluding hydrogens is 374 g/mol. The highest BCUT2D eigenvalue weighted by atomic mass is 32.2. The molecule has 0 spiro atoms. The van der Waals surface area contributed by atoms with E-state index in [0.29, 0.717) is 12.0 Å². The third kappa shape index (κ3) is 5.44. The molecule has 6 nitrogen and oxygen atoms in total. The molecular formula is C21H29N3O3S. The van der Waals surface area contributed by atoms with Crippen LogP contribution in [0.25, 0.3) is 0 Å². The van der Waals surface area contributed by atoms with Crippen LogP contribution in [0.15, 0.2) is 46.5 Å². The van der Waals surface area contributed by atoms with Crippen molar-refractivity contribution < 1.29 is 13.2 Å². The van der Waals surface area contributed by atoms with E-state index in [4.69, 9.17) is 0 Å². The molecule has 7 heteroatoms. The van der Waals surface area contributed by atoms with Gasteiger partial charge in [0.15, 0.2) is 0 Å². The fourth-order valence-electron chi connectivity index (χ4n) is 3.73. The Hall–Kier alpha value is -2.15. The zero-order chi connectivity index (χ0) is 20.0. The molecule has 1 heterocycles. The summed E-state index contributed by atoms with van der Waals surface area (Å²) in [6.45, 7) is 1.83. The van der Waals surface area contributed by atoms with Crippen LogP contribution in [0.3, 0.4) is 0 Å². The SMILES string of the molecule is CC1=NS(=O)(=O)N(CCc2ccccc2)C=C1C(=O)NC1CCCCCCC1. The summed E-state index contributed by atoms with van der Waals surface area (Å²) in [5.74, 6) is -0.230. The van der Waals surface area contributed by atoms with E-state index < -0.39 is 10.2 Å². The standard InChI is InChI=1S/C21H29N3O3S/c1-17-20(21(25)22-19-12-8-3-2-4-9-13-19)16-24(28(26,27)23-17)15-14-18-10-6-5-7-11-18/h5-7,10-11,16,19H,2-4,8-9,12-15H2,1H3,(H,22,25). The topological polar surface area (TPSA) is 78.8 Å². The molecule has 1 saturated carbocycles. The van der Waals surface area contributed by atoms with Crippen LogP contribution in [0, 0.1) is 0 Å². The van der Waals surface area contributed by atoms with Crippen LogP contribution in [0.2, 0.25) is 0 Å². The van der Waals surface area contributed by atoms with Crippen molar-refractivity contribution in [3.8, 4) is 0 Å². The largest absolute Gasteiger partial charge is 0.349 e. The Morgan fingerprint density at radius 2 is 1.75 bits per heavy atom. The third-order valence-corrected chi connectivity index (χ3v) is 6.75. The minimum Gasteiger partial charge on any atom is -0.349 e. The predicted molar refractivity (Wildman–Crippen MR) is 111 cm³/mol. The highest BCUT2D eigenvalue weighted by molar-refractivity contribution is 7.88. The van der Waals surface area contributed by atoms with E-state index in [1.54, 1.807) is 6.92 Å². The molecule has 1 fully saturated rings. The first-order chi connectivity index (χ1) is 13.5. The molecule has 3 rings (SSSR count). The Morgan fingerprint density at radius 3 is 2.43 bits per heavy atom. The van der Waals surface area contributed by atoms with Crippen LogP contribution in [0.5, 0.6) is 0 Å². The van der Waals surface area contributed by atoms with Crippen LogP contribution in [0.4, 0.5) is 0 Å². The van der Waals surface area contributed by atoms with Gasteiger partial charge in [-0.2, -0.15) is 8.42 Å². The Labute approximate surface area is 167 Å². The van der Waals surface area contributed by atoms with Gasteiger partial charge in [0.25, 0.3) is 5.91 Å². The molecule has 0 radical (unpaired) electrons. The average molecular weight is 404 g/mol. The van der Waals surface area contributed by atoms with E-state index in [2.05, 4.69) is 9.71 Å². The van der Waals surface area contributed by atoms with Gasteiger partial charge in [0.05, 0.1) is 11.3 Å². The van der Waals surface area contributed by atoms with Gasteiger partial charge < -0.3 is 5.32 Å². The molecule has 1 aromatic carbocycles. The monoisotopic (exact) mass is 403 g/mol. The van der Waals surface area contributed by atoms with Gasteiger partial charge in [0.2, 0.25) is 0 Å². The molecule has 0 atom stereocenters.